The number of phenolic OH excluding ortho intramolecular Hbond substituents is 1. The Morgan fingerprint density at radius 3 is 2.94 bits per heavy atom. The molecular formula is C15H23NO2. The van der Waals surface area contributed by atoms with Crippen molar-refractivity contribution in [3.63, 3.8) is 0 Å². The van der Waals surface area contributed by atoms with Crippen molar-refractivity contribution < 1.29 is 9.84 Å². The van der Waals surface area contributed by atoms with E-state index in [0.29, 0.717) is 17.8 Å². The Morgan fingerprint density at radius 1 is 1.50 bits per heavy atom. The van der Waals surface area contributed by atoms with E-state index in [-0.39, 0.29) is 0 Å². The minimum atomic E-state index is 0.401. The fourth-order valence-electron chi connectivity index (χ4n) is 3.13. The molecule has 0 saturated heterocycles. The highest BCUT2D eigenvalue weighted by Crippen LogP contribution is 2.40. The van der Waals surface area contributed by atoms with E-state index in [2.05, 4.69) is 24.8 Å². The lowest BCUT2D eigenvalue weighted by Crippen LogP contribution is -2.38. The minimum absolute atomic E-state index is 0.401. The lowest BCUT2D eigenvalue weighted by atomic mass is 10.0. The van der Waals surface area contributed by atoms with Crippen molar-refractivity contribution in [1.82, 2.24) is 4.90 Å². The second kappa shape index (κ2) is 5.72. The molecule has 2 unspecified atom stereocenters. The van der Waals surface area contributed by atoms with Crippen LogP contribution in [-0.4, -0.2) is 36.3 Å². The number of likely N-dealkylation sites (N-methyl/N-ethyl adjacent to an activating group) is 1. The van der Waals surface area contributed by atoms with Gasteiger partial charge in [0.05, 0.1) is 6.61 Å². The highest BCUT2D eigenvalue weighted by molar-refractivity contribution is 5.44. The molecule has 2 rings (SSSR count). The molecule has 0 radical (unpaired) electrons. The van der Waals surface area contributed by atoms with Gasteiger partial charge in [0.15, 0.2) is 0 Å². The summed E-state index contributed by atoms with van der Waals surface area (Å²) in [5.74, 6) is 0.449. The summed E-state index contributed by atoms with van der Waals surface area (Å²) in [6, 6.07) is 6.70. The molecule has 0 fully saturated rings. The third-order valence-electron chi connectivity index (χ3n) is 3.95. The van der Waals surface area contributed by atoms with Crippen LogP contribution in [0.25, 0.3) is 0 Å². The molecule has 3 nitrogen and oxygen atoms in total. The molecule has 0 aromatic heterocycles. The minimum Gasteiger partial charge on any atom is -0.508 e. The van der Waals surface area contributed by atoms with Crippen LogP contribution in [-0.2, 0) is 11.2 Å². The van der Waals surface area contributed by atoms with Gasteiger partial charge in [0.25, 0.3) is 0 Å². The third kappa shape index (κ3) is 2.38. The summed E-state index contributed by atoms with van der Waals surface area (Å²) in [5, 5.41) is 9.90. The van der Waals surface area contributed by atoms with E-state index in [9.17, 15) is 5.11 Å². The molecular weight excluding hydrogens is 226 g/mol. The molecule has 100 valence electrons. The first-order valence-electron chi connectivity index (χ1n) is 6.74. The number of benzene rings is 1. The van der Waals surface area contributed by atoms with Gasteiger partial charge >= 0.3 is 0 Å². The van der Waals surface area contributed by atoms with Gasteiger partial charge in [-0.1, -0.05) is 19.1 Å². The van der Waals surface area contributed by atoms with Crippen LogP contribution in [0.5, 0.6) is 5.75 Å². The largest absolute Gasteiger partial charge is 0.508 e. The molecule has 0 spiro atoms. The van der Waals surface area contributed by atoms with Gasteiger partial charge in [-0.3, -0.25) is 4.90 Å². The quantitative estimate of drug-likeness (QED) is 0.871. The second-order valence-electron chi connectivity index (χ2n) is 5.03. The third-order valence-corrected chi connectivity index (χ3v) is 3.95. The number of rotatable bonds is 5. The van der Waals surface area contributed by atoms with Crippen molar-refractivity contribution in [1.29, 1.82) is 0 Å². The van der Waals surface area contributed by atoms with Gasteiger partial charge in [-0.15, -0.1) is 0 Å². The van der Waals surface area contributed by atoms with Crippen LogP contribution in [0.3, 0.4) is 0 Å². The zero-order valence-electron chi connectivity index (χ0n) is 11.5. The zero-order valence-corrected chi connectivity index (χ0v) is 11.5. The van der Waals surface area contributed by atoms with Crippen LogP contribution in [0.4, 0.5) is 0 Å². The van der Waals surface area contributed by atoms with Crippen LogP contribution in [0.1, 0.15) is 37.4 Å². The Kier molecular flexibility index (Phi) is 4.25. The summed E-state index contributed by atoms with van der Waals surface area (Å²) in [5.41, 5.74) is 2.42. The molecule has 0 aliphatic heterocycles. The van der Waals surface area contributed by atoms with E-state index in [1.807, 2.05) is 6.07 Å². The first-order chi connectivity index (χ1) is 8.69. The molecule has 1 aliphatic carbocycles. The summed E-state index contributed by atoms with van der Waals surface area (Å²) in [6.07, 6.45) is 2.07. The van der Waals surface area contributed by atoms with Gasteiger partial charge < -0.3 is 9.84 Å². The van der Waals surface area contributed by atoms with Crippen molar-refractivity contribution in [3.8, 4) is 5.75 Å². The monoisotopic (exact) mass is 249 g/mol. The number of hydrogen-bond donors (Lipinski definition) is 1. The van der Waals surface area contributed by atoms with Gasteiger partial charge in [0.2, 0.25) is 0 Å². The lowest BCUT2D eigenvalue weighted by molar-refractivity contribution is 0.0731. The molecule has 1 N–H and O–H groups in total. The summed E-state index contributed by atoms with van der Waals surface area (Å²) in [7, 11) is 1.75. The molecule has 3 heteroatoms. The van der Waals surface area contributed by atoms with E-state index >= 15 is 0 Å². The van der Waals surface area contributed by atoms with Crippen LogP contribution in [0, 0.1) is 0 Å². The topological polar surface area (TPSA) is 32.7 Å². The van der Waals surface area contributed by atoms with Gasteiger partial charge in [-0.2, -0.15) is 0 Å². The molecule has 1 aromatic rings. The molecule has 0 heterocycles. The Hall–Kier alpha value is -1.06. The highest BCUT2D eigenvalue weighted by atomic mass is 16.5. The number of fused-ring (bicyclic) bond motifs is 1. The van der Waals surface area contributed by atoms with E-state index in [1.165, 1.54) is 5.56 Å². The molecule has 2 atom stereocenters. The number of phenols is 1. The molecule has 0 saturated carbocycles. The second-order valence-corrected chi connectivity index (χ2v) is 5.03. The highest BCUT2D eigenvalue weighted by Gasteiger charge is 2.30. The Labute approximate surface area is 109 Å². The van der Waals surface area contributed by atoms with Gasteiger partial charge in [-0.25, -0.2) is 0 Å². The predicted octanol–water partition coefficient (Wildman–Crippen LogP) is 2.74. The maximum absolute atomic E-state index is 9.90. The smallest absolute Gasteiger partial charge is 0.119 e. The molecule has 18 heavy (non-hydrogen) atoms. The number of methoxy groups -OCH3 is 1. The standard InChI is InChI=1S/C15H23NO2/c1-4-16(11(2)10-18-3)14-9-8-13-12(14)6-5-7-15(13)17/h5-7,11,14,17H,4,8-10H2,1-3H3. The van der Waals surface area contributed by atoms with Crippen LogP contribution < -0.4 is 0 Å². The Morgan fingerprint density at radius 2 is 2.28 bits per heavy atom. The first-order valence-corrected chi connectivity index (χ1v) is 6.74. The maximum Gasteiger partial charge on any atom is 0.119 e. The van der Waals surface area contributed by atoms with Crippen molar-refractivity contribution in [2.75, 3.05) is 20.3 Å². The number of hydrogen-bond acceptors (Lipinski definition) is 3. The van der Waals surface area contributed by atoms with Gasteiger partial charge in [0.1, 0.15) is 5.75 Å². The summed E-state index contributed by atoms with van der Waals surface area (Å²) >= 11 is 0. The van der Waals surface area contributed by atoms with Crippen LogP contribution in [0.15, 0.2) is 18.2 Å². The molecule has 0 amide bonds. The predicted molar refractivity (Wildman–Crippen MR) is 72.9 cm³/mol. The molecule has 0 bridgehead atoms. The number of ether oxygens (including phenoxy) is 1. The van der Waals surface area contributed by atoms with Crippen LogP contribution >= 0.6 is 0 Å². The van der Waals surface area contributed by atoms with E-state index in [1.54, 1.807) is 13.2 Å². The van der Waals surface area contributed by atoms with E-state index in [0.717, 1.165) is 31.6 Å². The van der Waals surface area contributed by atoms with E-state index in [4.69, 9.17) is 4.74 Å². The molecule has 1 aliphatic rings. The van der Waals surface area contributed by atoms with E-state index < -0.39 is 0 Å². The summed E-state index contributed by atoms with van der Waals surface area (Å²) in [6.45, 7) is 6.14. The van der Waals surface area contributed by atoms with Gasteiger partial charge in [-0.05, 0) is 43.5 Å². The van der Waals surface area contributed by atoms with Crippen molar-refractivity contribution in [2.45, 2.75) is 38.8 Å². The summed E-state index contributed by atoms with van der Waals surface area (Å²) < 4.78 is 5.27. The lowest BCUT2D eigenvalue weighted by Gasteiger charge is -2.33. The number of nitrogens with zero attached hydrogens (tertiary/aromatic N) is 1. The fourth-order valence-corrected chi connectivity index (χ4v) is 3.13. The fraction of sp³-hybridized carbons (Fsp3) is 0.600. The average Bonchev–Trinajstić information content (AvgIpc) is 2.76. The maximum atomic E-state index is 9.90. The molecule has 1 aromatic carbocycles. The Balaban J connectivity index is 2.23. The normalized spacial score (nSPS) is 20.1. The van der Waals surface area contributed by atoms with Crippen LogP contribution in [0.2, 0.25) is 0 Å². The summed E-state index contributed by atoms with van der Waals surface area (Å²) in [4.78, 5) is 2.47. The Bertz CT molecular complexity index is 405. The van der Waals surface area contributed by atoms with Crippen molar-refractivity contribution in [2.24, 2.45) is 0 Å². The SMILES string of the molecule is CCN(C(C)COC)C1CCc2c(O)cccc21. The van der Waals surface area contributed by atoms with Crippen molar-refractivity contribution in [3.05, 3.63) is 29.3 Å². The van der Waals surface area contributed by atoms with Gasteiger partial charge in [0, 0.05) is 19.2 Å². The number of aromatic hydroxyl groups is 1. The average molecular weight is 249 g/mol. The van der Waals surface area contributed by atoms with Crippen molar-refractivity contribution >= 4 is 0 Å². The first kappa shape index (κ1) is 13.4. The zero-order chi connectivity index (χ0) is 13.1.